The summed E-state index contributed by atoms with van der Waals surface area (Å²) in [6.07, 6.45) is 1.62. The third kappa shape index (κ3) is 5.48. The Bertz CT molecular complexity index is 1210. The van der Waals surface area contributed by atoms with E-state index < -0.39 is 6.04 Å². The number of nitrogens with zero attached hydrogens (tertiary/aromatic N) is 2. The van der Waals surface area contributed by atoms with Crippen LogP contribution in [0.4, 0.5) is 5.69 Å². The maximum atomic E-state index is 13.7. The van der Waals surface area contributed by atoms with E-state index in [4.69, 9.17) is 4.74 Å². The van der Waals surface area contributed by atoms with Crippen LogP contribution in [0.15, 0.2) is 109 Å². The van der Waals surface area contributed by atoms with Crippen LogP contribution in [0.2, 0.25) is 0 Å². The van der Waals surface area contributed by atoms with Gasteiger partial charge in [0.1, 0.15) is 5.75 Å². The summed E-state index contributed by atoms with van der Waals surface area (Å²) in [7, 11) is 1.58. The second-order valence-electron chi connectivity index (χ2n) is 7.66. The van der Waals surface area contributed by atoms with Gasteiger partial charge in [-0.05, 0) is 54.1 Å². The van der Waals surface area contributed by atoms with E-state index in [9.17, 15) is 9.59 Å². The highest BCUT2D eigenvalue weighted by Gasteiger charge is 2.33. The first-order valence-electron chi connectivity index (χ1n) is 10.9. The van der Waals surface area contributed by atoms with Crippen molar-refractivity contribution in [2.45, 2.75) is 12.6 Å². The summed E-state index contributed by atoms with van der Waals surface area (Å²) in [5.74, 6) is 0.0679. The number of ether oxygens (including phenoxy) is 1. The molecule has 3 aromatic carbocycles. The Labute approximate surface area is 198 Å². The maximum Gasteiger partial charge on any atom is 0.255 e. The number of carbonyl (C=O) groups excluding carboxylic acids is 2. The van der Waals surface area contributed by atoms with Gasteiger partial charge in [0.2, 0.25) is 0 Å². The zero-order valence-corrected chi connectivity index (χ0v) is 18.8. The summed E-state index contributed by atoms with van der Waals surface area (Å²) < 4.78 is 5.20. The maximum absolute atomic E-state index is 13.7. The average molecular weight is 452 g/mol. The second-order valence-corrected chi connectivity index (χ2v) is 7.66. The highest BCUT2D eigenvalue weighted by atomic mass is 16.5. The van der Waals surface area contributed by atoms with Crippen molar-refractivity contribution in [3.63, 3.8) is 0 Å². The van der Waals surface area contributed by atoms with Crippen LogP contribution in [0.1, 0.15) is 27.7 Å². The van der Waals surface area contributed by atoms with Gasteiger partial charge < -0.3 is 15.0 Å². The average Bonchev–Trinajstić information content (AvgIpc) is 2.90. The number of methoxy groups -OCH3 is 1. The molecule has 170 valence electrons. The van der Waals surface area contributed by atoms with Crippen molar-refractivity contribution in [2.75, 3.05) is 12.4 Å². The van der Waals surface area contributed by atoms with Crippen LogP contribution in [0.5, 0.6) is 5.75 Å². The lowest BCUT2D eigenvalue weighted by Crippen LogP contribution is -2.41. The molecule has 0 fully saturated rings. The minimum absolute atomic E-state index is 0.242. The number of hydrogen-bond acceptors (Lipinski definition) is 4. The normalized spacial score (nSPS) is 11.3. The molecule has 34 heavy (non-hydrogen) atoms. The molecule has 0 aliphatic heterocycles. The van der Waals surface area contributed by atoms with Crippen molar-refractivity contribution < 1.29 is 14.3 Å². The number of amides is 2. The molecule has 6 heteroatoms. The minimum Gasteiger partial charge on any atom is -0.497 e. The Hall–Kier alpha value is -4.45. The molecule has 1 heterocycles. The molecule has 0 radical (unpaired) electrons. The lowest BCUT2D eigenvalue weighted by molar-refractivity contribution is -0.121. The molecule has 4 rings (SSSR count). The minimum atomic E-state index is -0.948. The first-order valence-corrected chi connectivity index (χ1v) is 10.9. The molecule has 0 aliphatic carbocycles. The molecule has 0 bridgehead atoms. The van der Waals surface area contributed by atoms with E-state index in [-0.39, 0.29) is 18.4 Å². The van der Waals surface area contributed by atoms with Crippen molar-refractivity contribution >= 4 is 17.5 Å². The number of rotatable bonds is 8. The molecular formula is C28H25N3O3. The third-order valence-corrected chi connectivity index (χ3v) is 5.36. The molecule has 0 spiro atoms. The second kappa shape index (κ2) is 10.9. The van der Waals surface area contributed by atoms with Crippen molar-refractivity contribution in [2.24, 2.45) is 0 Å². The molecule has 1 N–H and O–H groups in total. The van der Waals surface area contributed by atoms with E-state index in [2.05, 4.69) is 10.3 Å². The monoisotopic (exact) mass is 451 g/mol. The van der Waals surface area contributed by atoms with Gasteiger partial charge in [-0.1, -0.05) is 54.6 Å². The van der Waals surface area contributed by atoms with Crippen LogP contribution in [0.3, 0.4) is 0 Å². The molecule has 1 atom stereocenters. The Morgan fingerprint density at radius 1 is 0.853 bits per heavy atom. The van der Waals surface area contributed by atoms with Gasteiger partial charge in [-0.25, -0.2) is 0 Å². The summed E-state index contributed by atoms with van der Waals surface area (Å²) in [5, 5.41) is 2.94. The number of benzene rings is 3. The molecule has 1 aromatic heterocycles. The smallest absolute Gasteiger partial charge is 0.255 e. The number of carbonyl (C=O) groups is 2. The van der Waals surface area contributed by atoms with Crippen LogP contribution >= 0.6 is 0 Å². The first kappa shape index (κ1) is 22.7. The molecule has 0 saturated carbocycles. The fraction of sp³-hybridized carbons (Fsp3) is 0.107. The van der Waals surface area contributed by atoms with Gasteiger partial charge in [0.25, 0.3) is 11.8 Å². The lowest BCUT2D eigenvalue weighted by Gasteiger charge is -2.31. The number of aromatic nitrogens is 1. The summed E-state index contributed by atoms with van der Waals surface area (Å²) in [5.41, 5.74) is 2.48. The standard InChI is InChI=1S/C28H25N3O3/c1-34-24-17-15-23(16-18-24)30-27(32)26(25-14-8-9-19-29-25)31(20-21-10-4-2-5-11-21)28(33)22-12-6-3-7-13-22/h2-19,26H,20H2,1H3,(H,30,32). The Kier molecular flexibility index (Phi) is 7.30. The van der Waals surface area contributed by atoms with Gasteiger partial charge in [-0.2, -0.15) is 0 Å². The van der Waals surface area contributed by atoms with Gasteiger partial charge in [0.15, 0.2) is 6.04 Å². The Balaban J connectivity index is 1.74. The van der Waals surface area contributed by atoms with Crippen molar-refractivity contribution in [3.05, 3.63) is 126 Å². The summed E-state index contributed by atoms with van der Waals surface area (Å²) in [4.78, 5) is 33.4. The van der Waals surface area contributed by atoms with Crippen LogP contribution in [-0.2, 0) is 11.3 Å². The van der Waals surface area contributed by atoms with Gasteiger partial charge in [0.05, 0.1) is 12.8 Å². The highest BCUT2D eigenvalue weighted by Crippen LogP contribution is 2.26. The fourth-order valence-corrected chi connectivity index (χ4v) is 3.67. The number of nitrogens with one attached hydrogen (secondary N) is 1. The van der Waals surface area contributed by atoms with Gasteiger partial charge in [-0.15, -0.1) is 0 Å². The topological polar surface area (TPSA) is 71.5 Å². The van der Waals surface area contributed by atoms with Crippen molar-refractivity contribution in [1.29, 1.82) is 0 Å². The first-order chi connectivity index (χ1) is 16.7. The van der Waals surface area contributed by atoms with Crippen molar-refractivity contribution in [3.8, 4) is 5.75 Å². The largest absolute Gasteiger partial charge is 0.497 e. The molecule has 1 unspecified atom stereocenters. The lowest BCUT2D eigenvalue weighted by atomic mass is 10.1. The van der Waals surface area contributed by atoms with E-state index in [0.717, 1.165) is 5.56 Å². The molecule has 0 aliphatic rings. The van der Waals surface area contributed by atoms with Crippen LogP contribution in [0, 0.1) is 0 Å². The van der Waals surface area contributed by atoms with Gasteiger partial charge in [0, 0.05) is 24.0 Å². The number of pyridine rings is 1. The zero-order valence-electron chi connectivity index (χ0n) is 18.8. The predicted molar refractivity (Wildman–Crippen MR) is 131 cm³/mol. The molecule has 0 saturated heterocycles. The predicted octanol–water partition coefficient (Wildman–Crippen LogP) is 5.11. The SMILES string of the molecule is COc1ccc(NC(=O)C(c2ccccn2)N(Cc2ccccc2)C(=O)c2ccccc2)cc1. The number of anilines is 1. The van der Waals surface area contributed by atoms with Gasteiger partial charge >= 0.3 is 0 Å². The van der Waals surface area contributed by atoms with Crippen LogP contribution < -0.4 is 10.1 Å². The van der Waals surface area contributed by atoms with Crippen LogP contribution in [0.25, 0.3) is 0 Å². The van der Waals surface area contributed by atoms with E-state index in [1.807, 2.05) is 42.5 Å². The molecular weight excluding hydrogens is 426 g/mol. The third-order valence-electron chi connectivity index (χ3n) is 5.36. The van der Waals surface area contributed by atoms with E-state index in [0.29, 0.717) is 22.7 Å². The Morgan fingerprint density at radius 2 is 1.50 bits per heavy atom. The summed E-state index contributed by atoms with van der Waals surface area (Å²) >= 11 is 0. The quantitative estimate of drug-likeness (QED) is 0.404. The van der Waals surface area contributed by atoms with Crippen LogP contribution in [-0.4, -0.2) is 28.8 Å². The number of hydrogen-bond donors (Lipinski definition) is 1. The molecule has 6 nitrogen and oxygen atoms in total. The van der Waals surface area contributed by atoms with E-state index in [1.54, 1.807) is 78.9 Å². The van der Waals surface area contributed by atoms with E-state index >= 15 is 0 Å². The van der Waals surface area contributed by atoms with Gasteiger partial charge in [-0.3, -0.25) is 14.6 Å². The molecule has 4 aromatic rings. The summed E-state index contributed by atoms with van der Waals surface area (Å²) in [6.45, 7) is 0.242. The summed E-state index contributed by atoms with van der Waals surface area (Å²) in [6, 6.07) is 30.0. The highest BCUT2D eigenvalue weighted by molar-refractivity contribution is 6.01. The Morgan fingerprint density at radius 3 is 2.12 bits per heavy atom. The van der Waals surface area contributed by atoms with E-state index in [1.165, 1.54) is 0 Å². The fourth-order valence-electron chi connectivity index (χ4n) is 3.67. The molecule has 2 amide bonds. The van der Waals surface area contributed by atoms with Crippen molar-refractivity contribution in [1.82, 2.24) is 9.88 Å². The zero-order chi connectivity index (χ0) is 23.8.